The Morgan fingerprint density at radius 3 is 2.55 bits per heavy atom. The molecule has 20 heavy (non-hydrogen) atoms. The smallest absolute Gasteiger partial charge is 0.410 e. The molecule has 5 heteroatoms. The molecule has 2 aliphatic heterocycles. The molecule has 0 aromatic rings. The summed E-state index contributed by atoms with van der Waals surface area (Å²) in [5.74, 6) is -0.215. The fraction of sp³-hybridized carbons (Fsp3) is 0.867. The van der Waals surface area contributed by atoms with Crippen LogP contribution in [0, 0.1) is 0 Å². The fourth-order valence-electron chi connectivity index (χ4n) is 3.04. The van der Waals surface area contributed by atoms with Crippen LogP contribution in [-0.4, -0.2) is 41.8 Å². The molecule has 1 amide bonds. The molecule has 2 fully saturated rings. The molecule has 114 valence electrons. The van der Waals surface area contributed by atoms with Gasteiger partial charge in [-0.1, -0.05) is 39.5 Å². The van der Waals surface area contributed by atoms with Gasteiger partial charge < -0.3 is 14.4 Å². The highest BCUT2D eigenvalue weighted by molar-refractivity contribution is 5.76. The first-order valence-corrected chi connectivity index (χ1v) is 7.84. The van der Waals surface area contributed by atoms with Crippen LogP contribution in [0.1, 0.15) is 58.8 Å². The number of rotatable bonds is 7. The van der Waals surface area contributed by atoms with Crippen molar-refractivity contribution >= 4 is 12.1 Å². The molecule has 2 heterocycles. The predicted molar refractivity (Wildman–Crippen MR) is 74.3 cm³/mol. The van der Waals surface area contributed by atoms with E-state index in [2.05, 4.69) is 6.92 Å². The van der Waals surface area contributed by atoms with Crippen molar-refractivity contribution in [1.82, 2.24) is 4.90 Å². The summed E-state index contributed by atoms with van der Waals surface area (Å²) in [4.78, 5) is 25.3. The van der Waals surface area contributed by atoms with Gasteiger partial charge in [0.05, 0.1) is 12.5 Å². The lowest BCUT2D eigenvalue weighted by Crippen LogP contribution is -2.49. The Kier molecular flexibility index (Phi) is 5.26. The van der Waals surface area contributed by atoms with E-state index in [4.69, 9.17) is 9.47 Å². The molecule has 3 atom stereocenters. The third kappa shape index (κ3) is 3.25. The highest BCUT2D eigenvalue weighted by atomic mass is 16.6. The van der Waals surface area contributed by atoms with E-state index >= 15 is 0 Å². The summed E-state index contributed by atoms with van der Waals surface area (Å²) in [7, 11) is 0. The molecule has 0 spiro atoms. The first-order valence-electron chi connectivity index (χ1n) is 7.84. The molecule has 0 saturated carbocycles. The molecule has 0 unspecified atom stereocenters. The number of fused-ring (bicyclic) bond motifs is 1. The summed E-state index contributed by atoms with van der Waals surface area (Å²) in [6.45, 7) is 4.82. The van der Waals surface area contributed by atoms with Crippen LogP contribution in [0.15, 0.2) is 0 Å². The van der Waals surface area contributed by atoms with Crippen molar-refractivity contribution in [2.24, 2.45) is 0 Å². The van der Waals surface area contributed by atoms with Gasteiger partial charge >= 0.3 is 12.1 Å². The summed E-state index contributed by atoms with van der Waals surface area (Å²) in [6, 6.07) is -0.125. The van der Waals surface area contributed by atoms with Crippen molar-refractivity contribution in [2.75, 3.05) is 6.54 Å². The van der Waals surface area contributed by atoms with Crippen molar-refractivity contribution in [1.29, 1.82) is 0 Å². The number of hydrogen-bond acceptors (Lipinski definition) is 4. The summed E-state index contributed by atoms with van der Waals surface area (Å²) in [5, 5.41) is 0. The molecule has 2 aliphatic rings. The third-order valence-electron chi connectivity index (χ3n) is 4.18. The van der Waals surface area contributed by atoms with Gasteiger partial charge in [0, 0.05) is 6.54 Å². The lowest BCUT2D eigenvalue weighted by atomic mass is 9.97. The summed E-state index contributed by atoms with van der Waals surface area (Å²) >= 11 is 0. The summed E-state index contributed by atoms with van der Waals surface area (Å²) < 4.78 is 10.7. The minimum Gasteiger partial charge on any atom is -0.458 e. The Hall–Kier alpha value is -1.26. The Morgan fingerprint density at radius 2 is 1.85 bits per heavy atom. The Morgan fingerprint density at radius 1 is 1.10 bits per heavy atom. The molecule has 0 bridgehead atoms. The van der Waals surface area contributed by atoms with Crippen LogP contribution in [0.2, 0.25) is 0 Å². The lowest BCUT2D eigenvalue weighted by Gasteiger charge is -2.32. The minimum absolute atomic E-state index is 0.125. The van der Waals surface area contributed by atoms with Crippen LogP contribution in [-0.2, 0) is 14.3 Å². The molecule has 0 radical (unpaired) electrons. The van der Waals surface area contributed by atoms with E-state index in [-0.39, 0.29) is 36.7 Å². The maximum Gasteiger partial charge on any atom is 0.410 e. The quantitative estimate of drug-likeness (QED) is 0.532. The number of carbonyl (C=O) groups is 2. The molecule has 5 nitrogen and oxygen atoms in total. The normalized spacial score (nSPS) is 29.1. The van der Waals surface area contributed by atoms with Gasteiger partial charge in [-0.25, -0.2) is 4.79 Å². The SMILES string of the molecule is CCCCCCCN1C(=O)O[C@H]2[C@H]1CC(=O)O[C@@H]2CC. The van der Waals surface area contributed by atoms with Crippen LogP contribution < -0.4 is 0 Å². The highest BCUT2D eigenvalue weighted by Crippen LogP contribution is 2.31. The Balaban J connectivity index is 1.89. The van der Waals surface area contributed by atoms with Crippen molar-refractivity contribution in [3.8, 4) is 0 Å². The van der Waals surface area contributed by atoms with Crippen molar-refractivity contribution in [3.05, 3.63) is 0 Å². The average Bonchev–Trinajstić information content (AvgIpc) is 2.74. The largest absolute Gasteiger partial charge is 0.458 e. The molecule has 0 aromatic heterocycles. The zero-order valence-corrected chi connectivity index (χ0v) is 12.5. The maximum atomic E-state index is 12.0. The lowest BCUT2D eigenvalue weighted by molar-refractivity contribution is -0.164. The second-order valence-electron chi connectivity index (χ2n) is 5.66. The number of hydrogen-bond donors (Lipinski definition) is 0. The van der Waals surface area contributed by atoms with Gasteiger partial charge in [-0.05, 0) is 12.8 Å². The van der Waals surface area contributed by atoms with E-state index < -0.39 is 0 Å². The average molecular weight is 283 g/mol. The van der Waals surface area contributed by atoms with Gasteiger partial charge in [-0.15, -0.1) is 0 Å². The van der Waals surface area contributed by atoms with E-state index in [0.717, 1.165) is 12.8 Å². The zero-order valence-electron chi connectivity index (χ0n) is 12.5. The van der Waals surface area contributed by atoms with E-state index in [1.807, 2.05) is 6.92 Å². The molecule has 0 aromatic carbocycles. The highest BCUT2D eigenvalue weighted by Gasteiger charge is 2.50. The van der Waals surface area contributed by atoms with Crippen LogP contribution >= 0.6 is 0 Å². The van der Waals surface area contributed by atoms with E-state index in [1.54, 1.807) is 4.90 Å². The van der Waals surface area contributed by atoms with Gasteiger partial charge in [0.25, 0.3) is 0 Å². The number of ether oxygens (including phenoxy) is 2. The van der Waals surface area contributed by atoms with Crippen molar-refractivity contribution in [2.45, 2.75) is 77.0 Å². The number of unbranched alkanes of at least 4 members (excludes halogenated alkanes) is 4. The first kappa shape index (κ1) is 15.1. The van der Waals surface area contributed by atoms with Gasteiger partial charge in [-0.3, -0.25) is 4.79 Å². The summed E-state index contributed by atoms with van der Waals surface area (Å²) in [6.07, 6.45) is 5.85. The van der Waals surface area contributed by atoms with Crippen LogP contribution in [0.25, 0.3) is 0 Å². The number of nitrogens with zero attached hydrogens (tertiary/aromatic N) is 1. The van der Waals surface area contributed by atoms with Crippen LogP contribution in [0.3, 0.4) is 0 Å². The second kappa shape index (κ2) is 6.95. The van der Waals surface area contributed by atoms with Gasteiger partial charge in [0.1, 0.15) is 6.10 Å². The first-order chi connectivity index (χ1) is 9.67. The second-order valence-corrected chi connectivity index (χ2v) is 5.66. The Bertz CT molecular complexity index is 358. The molecular weight excluding hydrogens is 258 g/mol. The number of esters is 1. The van der Waals surface area contributed by atoms with Crippen LogP contribution in [0.5, 0.6) is 0 Å². The van der Waals surface area contributed by atoms with Gasteiger partial charge in [0.2, 0.25) is 0 Å². The summed E-state index contributed by atoms with van der Waals surface area (Å²) in [5.41, 5.74) is 0. The van der Waals surface area contributed by atoms with E-state index in [9.17, 15) is 9.59 Å². The van der Waals surface area contributed by atoms with E-state index in [1.165, 1.54) is 19.3 Å². The van der Waals surface area contributed by atoms with Crippen molar-refractivity contribution < 1.29 is 19.1 Å². The predicted octanol–water partition coefficient (Wildman–Crippen LogP) is 2.87. The van der Waals surface area contributed by atoms with Crippen molar-refractivity contribution in [3.63, 3.8) is 0 Å². The topological polar surface area (TPSA) is 55.8 Å². The Labute approximate surface area is 120 Å². The van der Waals surface area contributed by atoms with Gasteiger partial charge in [0.15, 0.2) is 6.10 Å². The fourth-order valence-corrected chi connectivity index (χ4v) is 3.04. The number of cyclic esters (lactones) is 1. The molecule has 0 N–H and O–H groups in total. The monoisotopic (exact) mass is 283 g/mol. The third-order valence-corrected chi connectivity index (χ3v) is 4.18. The van der Waals surface area contributed by atoms with Crippen LogP contribution in [0.4, 0.5) is 4.79 Å². The molecular formula is C15H25NO4. The maximum absolute atomic E-state index is 12.0. The number of amides is 1. The standard InChI is InChI=1S/C15H25NO4/c1-3-5-6-7-8-9-16-11-10-13(17)19-12(4-2)14(11)20-15(16)18/h11-12,14H,3-10H2,1-2H3/t11-,12-,14+/m1/s1. The zero-order chi connectivity index (χ0) is 14.5. The number of carbonyl (C=O) groups excluding carboxylic acids is 2. The van der Waals surface area contributed by atoms with E-state index in [0.29, 0.717) is 13.0 Å². The molecule has 2 saturated heterocycles. The minimum atomic E-state index is -0.285. The van der Waals surface area contributed by atoms with Gasteiger partial charge in [-0.2, -0.15) is 0 Å². The molecule has 0 aliphatic carbocycles. The molecule has 2 rings (SSSR count).